The van der Waals surface area contributed by atoms with Gasteiger partial charge in [0.25, 0.3) is 0 Å². The molecule has 0 radical (unpaired) electrons. The molecule has 0 saturated carbocycles. The molecule has 0 unspecified atom stereocenters. The van der Waals surface area contributed by atoms with Crippen molar-refractivity contribution >= 4 is 0 Å². The number of hydrogen-bond donors (Lipinski definition) is 1. The normalized spacial score (nSPS) is 18.7. The fraction of sp³-hybridized carbons (Fsp3) is 0.667. The van der Waals surface area contributed by atoms with Crippen LogP contribution in [-0.4, -0.2) is 12.1 Å². The van der Waals surface area contributed by atoms with Gasteiger partial charge < -0.3 is 5.32 Å². The minimum absolute atomic E-state index is 0.625. The molecule has 0 aromatic carbocycles. The molecule has 0 spiro atoms. The van der Waals surface area contributed by atoms with Gasteiger partial charge in [0.05, 0.1) is 0 Å². The highest BCUT2D eigenvalue weighted by Gasteiger charge is 2.09. The SMILES string of the molecule is CC(C)NC1C=C1. The Hall–Kier alpha value is -0.300. The van der Waals surface area contributed by atoms with Crippen molar-refractivity contribution in [3.8, 4) is 0 Å². The molecule has 7 heavy (non-hydrogen) atoms. The lowest BCUT2D eigenvalue weighted by atomic mass is 10.4. The van der Waals surface area contributed by atoms with Crippen molar-refractivity contribution < 1.29 is 0 Å². The highest BCUT2D eigenvalue weighted by Crippen LogP contribution is 2.03. The van der Waals surface area contributed by atoms with Crippen LogP contribution in [-0.2, 0) is 0 Å². The minimum atomic E-state index is 0.625. The zero-order valence-electron chi connectivity index (χ0n) is 4.81. The van der Waals surface area contributed by atoms with Gasteiger partial charge in [-0.25, -0.2) is 0 Å². The molecule has 1 aliphatic rings. The lowest BCUT2D eigenvalue weighted by Crippen LogP contribution is -2.25. The van der Waals surface area contributed by atoms with Crippen molar-refractivity contribution in [2.24, 2.45) is 0 Å². The summed E-state index contributed by atoms with van der Waals surface area (Å²) in [5.74, 6) is 0. The molecule has 1 N–H and O–H groups in total. The summed E-state index contributed by atoms with van der Waals surface area (Å²) in [6.07, 6.45) is 4.31. The van der Waals surface area contributed by atoms with Crippen LogP contribution in [0.25, 0.3) is 0 Å². The van der Waals surface area contributed by atoms with E-state index in [1.165, 1.54) is 0 Å². The third-order valence-corrected chi connectivity index (χ3v) is 0.911. The van der Waals surface area contributed by atoms with E-state index < -0.39 is 0 Å². The fourth-order valence-corrected chi connectivity index (χ4v) is 0.552. The molecule has 1 nitrogen and oxygen atoms in total. The summed E-state index contributed by atoms with van der Waals surface area (Å²) in [6, 6.07) is 1.25. The van der Waals surface area contributed by atoms with Crippen LogP contribution in [0.5, 0.6) is 0 Å². The van der Waals surface area contributed by atoms with Crippen LogP contribution in [0.15, 0.2) is 12.2 Å². The second-order valence-corrected chi connectivity index (χ2v) is 2.23. The van der Waals surface area contributed by atoms with E-state index in [-0.39, 0.29) is 0 Å². The molecule has 0 bridgehead atoms. The van der Waals surface area contributed by atoms with Crippen LogP contribution in [0.2, 0.25) is 0 Å². The van der Waals surface area contributed by atoms with Crippen LogP contribution in [0.3, 0.4) is 0 Å². The van der Waals surface area contributed by atoms with Crippen LogP contribution < -0.4 is 5.32 Å². The molecular weight excluding hydrogens is 86.1 g/mol. The molecule has 1 heteroatoms. The van der Waals surface area contributed by atoms with E-state index in [4.69, 9.17) is 0 Å². The van der Waals surface area contributed by atoms with Crippen LogP contribution in [0.4, 0.5) is 0 Å². The van der Waals surface area contributed by atoms with Gasteiger partial charge in [0, 0.05) is 12.1 Å². The maximum absolute atomic E-state index is 3.31. The highest BCUT2D eigenvalue weighted by atomic mass is 14.9. The molecule has 1 rings (SSSR count). The molecule has 0 saturated heterocycles. The maximum atomic E-state index is 3.31. The number of nitrogens with one attached hydrogen (secondary N) is 1. The van der Waals surface area contributed by atoms with Gasteiger partial charge in [0.15, 0.2) is 0 Å². The Balaban J connectivity index is 1.99. The second kappa shape index (κ2) is 1.66. The van der Waals surface area contributed by atoms with E-state index >= 15 is 0 Å². The summed E-state index contributed by atoms with van der Waals surface area (Å²) in [6.45, 7) is 4.31. The predicted molar refractivity (Wildman–Crippen MR) is 31.2 cm³/mol. The van der Waals surface area contributed by atoms with Crippen molar-refractivity contribution in [3.05, 3.63) is 12.2 Å². The molecule has 40 valence electrons. The molecule has 0 amide bonds. The lowest BCUT2D eigenvalue weighted by molar-refractivity contribution is 0.606. The van der Waals surface area contributed by atoms with Gasteiger partial charge in [-0.1, -0.05) is 26.0 Å². The molecular formula is C6H11N. The Bertz CT molecular complexity index is 78.2. The zero-order chi connectivity index (χ0) is 5.28. The topological polar surface area (TPSA) is 12.0 Å². The van der Waals surface area contributed by atoms with E-state index in [1.54, 1.807) is 0 Å². The second-order valence-electron chi connectivity index (χ2n) is 2.23. The maximum Gasteiger partial charge on any atom is 0.0438 e. The lowest BCUT2D eigenvalue weighted by Gasteiger charge is -2.03. The van der Waals surface area contributed by atoms with E-state index in [2.05, 4.69) is 31.3 Å². The van der Waals surface area contributed by atoms with Gasteiger partial charge in [-0.3, -0.25) is 0 Å². The largest absolute Gasteiger partial charge is 0.305 e. The molecule has 0 aliphatic heterocycles. The average Bonchev–Trinajstić information content (AvgIpc) is 2.17. The van der Waals surface area contributed by atoms with Crippen molar-refractivity contribution in [3.63, 3.8) is 0 Å². The summed E-state index contributed by atoms with van der Waals surface area (Å²) >= 11 is 0. The van der Waals surface area contributed by atoms with E-state index in [9.17, 15) is 0 Å². The smallest absolute Gasteiger partial charge is 0.0438 e. The van der Waals surface area contributed by atoms with Crippen molar-refractivity contribution in [1.29, 1.82) is 0 Å². The average molecular weight is 97.2 g/mol. The third-order valence-electron chi connectivity index (χ3n) is 0.911. The monoisotopic (exact) mass is 97.1 g/mol. The highest BCUT2D eigenvalue weighted by molar-refractivity contribution is 5.20. The molecule has 0 aromatic heterocycles. The molecule has 0 heterocycles. The van der Waals surface area contributed by atoms with Crippen molar-refractivity contribution in [2.75, 3.05) is 0 Å². The summed E-state index contributed by atoms with van der Waals surface area (Å²) in [7, 11) is 0. The summed E-state index contributed by atoms with van der Waals surface area (Å²) < 4.78 is 0. The first-order valence-electron chi connectivity index (χ1n) is 2.73. The molecule has 1 aliphatic carbocycles. The Morgan fingerprint density at radius 2 is 2.00 bits per heavy atom. The first-order chi connectivity index (χ1) is 3.29. The third kappa shape index (κ3) is 1.74. The Kier molecular flexibility index (Phi) is 1.15. The summed E-state index contributed by atoms with van der Waals surface area (Å²) in [4.78, 5) is 0. The standard InChI is InChI=1S/C6H11N/c1-5(2)7-6-3-4-6/h3-7H,1-2H3. The molecule has 0 aromatic rings. The van der Waals surface area contributed by atoms with Crippen molar-refractivity contribution in [1.82, 2.24) is 5.32 Å². The van der Waals surface area contributed by atoms with Gasteiger partial charge in [0.2, 0.25) is 0 Å². The number of rotatable bonds is 2. The van der Waals surface area contributed by atoms with Gasteiger partial charge in [0.1, 0.15) is 0 Å². The van der Waals surface area contributed by atoms with Crippen molar-refractivity contribution in [2.45, 2.75) is 25.9 Å². The van der Waals surface area contributed by atoms with Crippen LogP contribution >= 0.6 is 0 Å². The summed E-state index contributed by atoms with van der Waals surface area (Å²) in [5.41, 5.74) is 0. The van der Waals surface area contributed by atoms with Gasteiger partial charge in [-0.2, -0.15) is 0 Å². The first kappa shape index (κ1) is 4.85. The van der Waals surface area contributed by atoms with Crippen LogP contribution in [0, 0.1) is 0 Å². The summed E-state index contributed by atoms with van der Waals surface area (Å²) in [5, 5.41) is 3.31. The quantitative estimate of drug-likeness (QED) is 0.505. The predicted octanol–water partition coefficient (Wildman–Crippen LogP) is 0.923. The molecule has 0 fully saturated rings. The van der Waals surface area contributed by atoms with Gasteiger partial charge >= 0.3 is 0 Å². The van der Waals surface area contributed by atoms with Crippen LogP contribution in [0.1, 0.15) is 13.8 Å². The van der Waals surface area contributed by atoms with E-state index in [1.807, 2.05) is 0 Å². The number of hydrogen-bond acceptors (Lipinski definition) is 1. The fourth-order valence-electron chi connectivity index (χ4n) is 0.552. The first-order valence-corrected chi connectivity index (χ1v) is 2.73. The Morgan fingerprint density at radius 3 is 2.14 bits per heavy atom. The molecule has 0 atom stereocenters. The van der Waals surface area contributed by atoms with E-state index in [0.29, 0.717) is 12.1 Å². The van der Waals surface area contributed by atoms with E-state index in [0.717, 1.165) is 0 Å². The zero-order valence-corrected chi connectivity index (χ0v) is 4.81. The minimum Gasteiger partial charge on any atom is -0.305 e. The Labute approximate surface area is 44.4 Å². The van der Waals surface area contributed by atoms with Gasteiger partial charge in [-0.05, 0) is 0 Å². The Morgan fingerprint density at radius 1 is 1.43 bits per heavy atom. The van der Waals surface area contributed by atoms with Gasteiger partial charge in [-0.15, -0.1) is 0 Å².